The fourth-order valence-electron chi connectivity index (χ4n) is 5.33. The van der Waals surface area contributed by atoms with Gasteiger partial charge in [-0.2, -0.15) is 0 Å². The minimum atomic E-state index is -2.74. The van der Waals surface area contributed by atoms with Gasteiger partial charge in [0.15, 0.2) is 31.5 Å². The van der Waals surface area contributed by atoms with Gasteiger partial charge in [0.25, 0.3) is 0 Å². The number of nitrogens with two attached hydrogens (primary N) is 1. The number of nitrogen functional groups attached to an aromatic ring is 1. The summed E-state index contributed by atoms with van der Waals surface area (Å²) in [5.74, 6) is 6.13. The highest BCUT2D eigenvalue weighted by molar-refractivity contribution is 6.74. The van der Waals surface area contributed by atoms with Crippen LogP contribution in [0, 0.1) is 0 Å². The second-order valence-electron chi connectivity index (χ2n) is 13.6. The molecule has 2 fully saturated rings. The molecule has 0 aliphatic carbocycles. The second kappa shape index (κ2) is 8.82. The topological polar surface area (TPSA) is 119 Å². The van der Waals surface area contributed by atoms with Crippen LogP contribution in [0.15, 0.2) is 12.7 Å². The molecule has 2 saturated heterocycles. The van der Waals surface area contributed by atoms with Crippen molar-refractivity contribution in [1.29, 1.82) is 0 Å². The number of anilines is 1. The second-order valence-corrected chi connectivity index (χ2v) is 23.1. The molecular weight excluding hydrogens is 492 g/mol. The van der Waals surface area contributed by atoms with Crippen LogP contribution in [-0.4, -0.2) is 61.3 Å². The number of fused-ring (bicyclic) bond motifs is 2. The Morgan fingerprint density at radius 1 is 1.06 bits per heavy atom. The Kier molecular flexibility index (Phi) is 6.76. The monoisotopic (exact) mass is 536 g/mol. The molecule has 0 aromatic carbocycles. The van der Waals surface area contributed by atoms with E-state index in [-0.39, 0.29) is 33.4 Å². The van der Waals surface area contributed by atoms with E-state index in [1.807, 2.05) is 4.57 Å². The minimum absolute atomic E-state index is 0.0131. The number of rotatable bonds is 4. The van der Waals surface area contributed by atoms with Crippen molar-refractivity contribution < 1.29 is 18.0 Å². The van der Waals surface area contributed by atoms with E-state index in [1.165, 1.54) is 6.33 Å². The van der Waals surface area contributed by atoms with E-state index >= 15 is 0 Å². The fraction of sp³-hybridized carbons (Fsp3) is 0.792. The quantitative estimate of drug-likeness (QED) is 0.321. The molecule has 202 valence electrons. The molecular formula is C24H44N6O4Si2. The van der Waals surface area contributed by atoms with Crippen molar-refractivity contribution in [2.24, 2.45) is 5.84 Å². The summed E-state index contributed by atoms with van der Waals surface area (Å²) in [5, 5.41) is -0.280. The van der Waals surface area contributed by atoms with E-state index in [1.54, 1.807) is 6.33 Å². The number of ether oxygens (including phenoxy) is 1. The number of aromatic nitrogens is 4. The maximum Gasteiger partial charge on any atom is 0.349 e. The Morgan fingerprint density at radius 2 is 1.69 bits per heavy atom. The van der Waals surface area contributed by atoms with E-state index in [0.29, 0.717) is 23.6 Å². The predicted octanol–water partition coefficient (Wildman–Crippen LogP) is 4.86. The van der Waals surface area contributed by atoms with Crippen molar-refractivity contribution in [2.75, 3.05) is 12.0 Å². The summed E-state index contributed by atoms with van der Waals surface area (Å²) in [7, 11) is -4.95. The first kappa shape index (κ1) is 27.6. The van der Waals surface area contributed by atoms with Gasteiger partial charge < -0.3 is 23.4 Å². The van der Waals surface area contributed by atoms with Crippen LogP contribution in [0.25, 0.3) is 11.2 Å². The third kappa shape index (κ3) is 4.34. The van der Waals surface area contributed by atoms with Gasteiger partial charge in [0.05, 0.1) is 12.9 Å². The summed E-state index contributed by atoms with van der Waals surface area (Å²) in [6.07, 6.45) is 1.84. The van der Waals surface area contributed by atoms with Crippen LogP contribution in [0.5, 0.6) is 0 Å². The average Bonchev–Trinajstić information content (AvgIpc) is 3.32. The molecule has 0 amide bonds. The molecule has 0 saturated carbocycles. The highest BCUT2D eigenvalue weighted by Gasteiger charge is 2.65. The molecule has 2 aromatic rings. The number of hydrazine groups is 1. The molecule has 2 aliphatic heterocycles. The van der Waals surface area contributed by atoms with Crippen molar-refractivity contribution in [3.63, 3.8) is 0 Å². The first-order valence-electron chi connectivity index (χ1n) is 12.7. The third-order valence-electron chi connectivity index (χ3n) is 8.02. The van der Waals surface area contributed by atoms with Gasteiger partial charge in [-0.3, -0.25) is 4.57 Å². The summed E-state index contributed by atoms with van der Waals surface area (Å²) in [5.41, 5.74) is 3.81. The van der Waals surface area contributed by atoms with Crippen LogP contribution in [0.3, 0.4) is 0 Å². The van der Waals surface area contributed by atoms with Gasteiger partial charge in [0.2, 0.25) is 0 Å². The average molecular weight is 537 g/mol. The molecule has 0 bridgehead atoms. The lowest BCUT2D eigenvalue weighted by atomic mass is 10.1. The zero-order valence-electron chi connectivity index (χ0n) is 23.7. The molecule has 4 heterocycles. The molecule has 2 aromatic heterocycles. The largest absolute Gasteiger partial charge is 0.407 e. The van der Waals surface area contributed by atoms with Gasteiger partial charge in [0, 0.05) is 10.1 Å². The number of hydrogen-bond donors (Lipinski definition) is 2. The molecule has 36 heavy (non-hydrogen) atoms. The molecule has 2 aliphatic rings. The smallest absolute Gasteiger partial charge is 0.349 e. The minimum Gasteiger partial charge on any atom is -0.407 e. The molecule has 0 unspecified atom stereocenters. The van der Waals surface area contributed by atoms with Crippen LogP contribution < -0.4 is 11.3 Å². The Morgan fingerprint density at radius 3 is 2.25 bits per heavy atom. The lowest BCUT2D eigenvalue weighted by Crippen LogP contribution is -2.66. The van der Waals surface area contributed by atoms with Crippen LogP contribution in [0.1, 0.15) is 68.5 Å². The first-order chi connectivity index (χ1) is 16.4. The SMILES string of the molecule is CC(C)(C)[Si](C)(C)O[C@@H]1[C@@H]2O[Si](C(C)(C)C)(C(C)(C)C)OC[C@H]2O[C@H]1n1cnc2c(NN)ncnc21. The Balaban J connectivity index is 1.82. The number of nitrogens with one attached hydrogen (secondary N) is 1. The molecule has 4 atom stereocenters. The fourth-order valence-corrected chi connectivity index (χ4v) is 11.6. The summed E-state index contributed by atoms with van der Waals surface area (Å²) in [4.78, 5) is 13.2. The normalized spacial score (nSPS) is 27.3. The van der Waals surface area contributed by atoms with Crippen molar-refractivity contribution in [3.8, 4) is 0 Å². The highest BCUT2D eigenvalue weighted by atomic mass is 28.4. The summed E-state index contributed by atoms with van der Waals surface area (Å²) in [6.45, 7) is 25.1. The summed E-state index contributed by atoms with van der Waals surface area (Å²) >= 11 is 0. The lowest BCUT2D eigenvalue weighted by molar-refractivity contribution is -0.0795. The highest BCUT2D eigenvalue weighted by Crippen LogP contribution is 2.56. The zero-order chi connectivity index (χ0) is 26.9. The molecule has 4 rings (SSSR count). The Bertz CT molecular complexity index is 1090. The third-order valence-corrected chi connectivity index (χ3v) is 17.6. The van der Waals surface area contributed by atoms with Crippen molar-refractivity contribution in [1.82, 2.24) is 19.5 Å². The molecule has 10 nitrogen and oxygen atoms in total. The summed E-state index contributed by atoms with van der Waals surface area (Å²) < 4.78 is 29.6. The standard InChI is InChI=1S/C24H44N6O4Si2/c1-22(2,3)35(10,11)33-18-17-15(12-31-36(34-17,23(4,5)6)24(7,8)9)32-21(18)30-14-28-16-19(29-25)26-13-27-20(16)30/h13-15,17-18,21H,12,25H2,1-11H3,(H,26,27,29)/t15-,17-,18-,21-/m1/s1. The van der Waals surface area contributed by atoms with Gasteiger partial charge in [-0.15, -0.1) is 0 Å². The predicted molar refractivity (Wildman–Crippen MR) is 145 cm³/mol. The molecule has 0 radical (unpaired) electrons. The van der Waals surface area contributed by atoms with E-state index in [9.17, 15) is 0 Å². The van der Waals surface area contributed by atoms with E-state index in [0.717, 1.165) is 0 Å². The number of nitrogens with zero attached hydrogens (tertiary/aromatic N) is 4. The maximum atomic E-state index is 7.17. The van der Waals surface area contributed by atoms with E-state index in [2.05, 4.69) is 95.8 Å². The first-order valence-corrected chi connectivity index (χ1v) is 17.5. The van der Waals surface area contributed by atoms with Gasteiger partial charge in [-0.25, -0.2) is 20.8 Å². The van der Waals surface area contributed by atoms with Crippen molar-refractivity contribution in [3.05, 3.63) is 12.7 Å². The number of imidazole rings is 1. The summed E-state index contributed by atoms with van der Waals surface area (Å²) in [6, 6.07) is 0. The van der Waals surface area contributed by atoms with Crippen LogP contribution in [0.4, 0.5) is 5.82 Å². The van der Waals surface area contributed by atoms with Crippen molar-refractivity contribution in [2.45, 2.75) is 115 Å². The molecule has 3 N–H and O–H groups in total. The van der Waals surface area contributed by atoms with Gasteiger partial charge in [0.1, 0.15) is 24.6 Å². The van der Waals surface area contributed by atoms with Gasteiger partial charge in [-0.05, 0) is 18.1 Å². The van der Waals surface area contributed by atoms with Crippen LogP contribution in [-0.2, 0) is 18.0 Å². The lowest BCUT2D eigenvalue weighted by Gasteiger charge is -2.54. The van der Waals surface area contributed by atoms with E-state index < -0.39 is 23.1 Å². The van der Waals surface area contributed by atoms with Crippen LogP contribution >= 0.6 is 0 Å². The Hall–Kier alpha value is -1.42. The van der Waals surface area contributed by atoms with Gasteiger partial charge in [-0.1, -0.05) is 62.3 Å². The molecule has 12 heteroatoms. The number of hydrogen-bond acceptors (Lipinski definition) is 9. The van der Waals surface area contributed by atoms with Crippen LogP contribution in [0.2, 0.25) is 28.2 Å². The van der Waals surface area contributed by atoms with Crippen molar-refractivity contribution >= 4 is 33.9 Å². The molecule has 0 spiro atoms. The maximum absolute atomic E-state index is 7.17. The van der Waals surface area contributed by atoms with E-state index in [4.69, 9.17) is 23.9 Å². The Labute approximate surface area is 217 Å². The van der Waals surface area contributed by atoms with Gasteiger partial charge >= 0.3 is 8.56 Å². The zero-order valence-corrected chi connectivity index (χ0v) is 25.7.